The van der Waals surface area contributed by atoms with Crippen molar-refractivity contribution in [2.24, 2.45) is 0 Å². The Labute approximate surface area is 185 Å². The minimum absolute atomic E-state index is 0.135. The van der Waals surface area contributed by atoms with Crippen LogP contribution in [0, 0.1) is 0 Å². The Balaban J connectivity index is 1.76. The van der Waals surface area contributed by atoms with Gasteiger partial charge in [0.2, 0.25) is 6.41 Å². The van der Waals surface area contributed by atoms with Crippen molar-refractivity contribution in [3.05, 3.63) is 75.4 Å². The van der Waals surface area contributed by atoms with Gasteiger partial charge in [0.25, 0.3) is 5.91 Å². The molecule has 0 aliphatic carbocycles. The predicted octanol–water partition coefficient (Wildman–Crippen LogP) is 4.07. The molecule has 0 spiro atoms. The molecule has 0 aromatic heterocycles. The average Bonchev–Trinajstić information content (AvgIpc) is 2.73. The van der Waals surface area contributed by atoms with Gasteiger partial charge in [0.05, 0.1) is 11.2 Å². The van der Waals surface area contributed by atoms with E-state index in [0.29, 0.717) is 6.41 Å². The van der Waals surface area contributed by atoms with Crippen molar-refractivity contribution in [1.82, 2.24) is 10.2 Å². The van der Waals surface area contributed by atoms with Gasteiger partial charge in [0.15, 0.2) is 0 Å². The van der Waals surface area contributed by atoms with E-state index in [4.69, 9.17) is 0 Å². The second-order valence-corrected chi connectivity index (χ2v) is 8.19. The number of hydrogen-bond donors (Lipinski definition) is 2. The second-order valence-electron chi connectivity index (χ2n) is 7.27. The highest BCUT2D eigenvalue weighted by Crippen LogP contribution is 2.34. The first-order valence-corrected chi connectivity index (χ1v) is 10.3. The predicted molar refractivity (Wildman–Crippen MR) is 112 cm³/mol. The van der Waals surface area contributed by atoms with Crippen LogP contribution in [0.25, 0.3) is 6.08 Å². The van der Waals surface area contributed by atoms with E-state index in [9.17, 15) is 27.9 Å². The molecule has 31 heavy (non-hydrogen) atoms. The molecule has 3 rings (SSSR count). The zero-order chi connectivity index (χ0) is 22.6. The summed E-state index contributed by atoms with van der Waals surface area (Å²) in [5.41, 5.74) is -1.19. The number of nitrogens with one attached hydrogen (secondary N) is 1. The van der Waals surface area contributed by atoms with Crippen molar-refractivity contribution in [1.29, 1.82) is 0 Å². The molecule has 5 nitrogen and oxygen atoms in total. The number of halogens is 4. The van der Waals surface area contributed by atoms with Gasteiger partial charge in [0.1, 0.15) is 5.70 Å². The molecular formula is C22H20BrF3N2O3. The number of rotatable bonds is 5. The summed E-state index contributed by atoms with van der Waals surface area (Å²) in [5.74, 6) is -0.526. The number of nitrogens with zero attached hydrogens (tertiary/aromatic N) is 1. The van der Waals surface area contributed by atoms with Gasteiger partial charge in [-0.25, -0.2) is 0 Å². The first-order valence-electron chi connectivity index (χ1n) is 9.49. The van der Waals surface area contributed by atoms with E-state index in [0.717, 1.165) is 22.2 Å². The summed E-state index contributed by atoms with van der Waals surface area (Å²) in [6.45, 7) is 0.456. The smallest absolute Gasteiger partial charge is 0.385 e. The first-order chi connectivity index (χ1) is 14.6. The van der Waals surface area contributed by atoms with Crippen LogP contribution in [0.15, 0.2) is 58.7 Å². The van der Waals surface area contributed by atoms with Gasteiger partial charge >= 0.3 is 6.18 Å². The number of piperidine rings is 1. The summed E-state index contributed by atoms with van der Waals surface area (Å²) in [6.07, 6.45) is -2.42. The fraction of sp³-hybridized carbons (Fsp3) is 0.273. The molecular weight excluding hydrogens is 477 g/mol. The van der Waals surface area contributed by atoms with Crippen molar-refractivity contribution in [2.45, 2.75) is 24.6 Å². The van der Waals surface area contributed by atoms with Gasteiger partial charge in [-0.2, -0.15) is 13.2 Å². The minimum atomic E-state index is -4.52. The van der Waals surface area contributed by atoms with E-state index in [-0.39, 0.29) is 37.2 Å². The maximum absolute atomic E-state index is 12.9. The van der Waals surface area contributed by atoms with Crippen LogP contribution in [0.5, 0.6) is 0 Å². The van der Waals surface area contributed by atoms with E-state index in [1.807, 2.05) is 24.3 Å². The largest absolute Gasteiger partial charge is 0.416 e. The molecule has 9 heteroatoms. The van der Waals surface area contributed by atoms with Gasteiger partial charge in [0, 0.05) is 17.6 Å². The molecule has 0 bridgehead atoms. The Kier molecular flexibility index (Phi) is 6.86. The van der Waals surface area contributed by atoms with Gasteiger partial charge in [-0.3, -0.25) is 9.59 Å². The summed E-state index contributed by atoms with van der Waals surface area (Å²) in [5, 5.41) is 13.3. The molecule has 2 aromatic carbocycles. The van der Waals surface area contributed by atoms with Crippen molar-refractivity contribution < 1.29 is 27.9 Å². The van der Waals surface area contributed by atoms with Crippen molar-refractivity contribution >= 4 is 34.3 Å². The minimum Gasteiger partial charge on any atom is -0.385 e. The molecule has 1 saturated heterocycles. The number of aliphatic hydroxyl groups is 1. The van der Waals surface area contributed by atoms with Gasteiger partial charge in [-0.05, 0) is 54.3 Å². The monoisotopic (exact) mass is 496 g/mol. The first kappa shape index (κ1) is 23.0. The third-order valence-electron chi connectivity index (χ3n) is 5.23. The molecule has 0 atom stereocenters. The molecule has 2 amide bonds. The number of carbonyl (C=O) groups excluding carboxylic acids is 2. The molecule has 1 aliphatic rings. The van der Waals surface area contributed by atoms with Crippen molar-refractivity contribution in [2.75, 3.05) is 13.1 Å². The highest BCUT2D eigenvalue weighted by Gasteiger charge is 2.36. The number of alkyl halides is 3. The second kappa shape index (κ2) is 9.23. The molecule has 0 unspecified atom stereocenters. The van der Waals surface area contributed by atoms with E-state index in [2.05, 4.69) is 21.2 Å². The zero-order valence-electron chi connectivity index (χ0n) is 16.3. The number of amides is 2. The lowest BCUT2D eigenvalue weighted by Gasteiger charge is -2.38. The number of hydrogen-bond acceptors (Lipinski definition) is 3. The Morgan fingerprint density at radius 3 is 2.35 bits per heavy atom. The standard InChI is InChI=1S/C22H20BrF3N2O3/c23-18-6-4-16(5-7-18)21(31)8-10-28(11-9-21)20(30)19(27-14-29)13-15-2-1-3-17(12-15)22(24,25)26/h1-7,12-14,31H,8-11H2,(H,27,29)/b19-13-. The highest BCUT2D eigenvalue weighted by atomic mass is 79.9. The molecule has 1 aliphatic heterocycles. The van der Waals surface area contributed by atoms with Gasteiger partial charge < -0.3 is 15.3 Å². The Morgan fingerprint density at radius 1 is 1.13 bits per heavy atom. The maximum Gasteiger partial charge on any atom is 0.416 e. The van der Waals surface area contributed by atoms with Crippen molar-refractivity contribution in [3.63, 3.8) is 0 Å². The van der Waals surface area contributed by atoms with Crippen LogP contribution < -0.4 is 5.32 Å². The number of benzene rings is 2. The number of carbonyl (C=O) groups is 2. The van der Waals surface area contributed by atoms with Crippen LogP contribution in [0.2, 0.25) is 0 Å². The normalized spacial score (nSPS) is 16.7. The summed E-state index contributed by atoms with van der Waals surface area (Å²) < 4.78 is 39.7. The molecule has 164 valence electrons. The van der Waals surface area contributed by atoms with Gasteiger partial charge in [-0.15, -0.1) is 0 Å². The maximum atomic E-state index is 12.9. The summed E-state index contributed by atoms with van der Waals surface area (Å²) in [6, 6.07) is 11.8. The lowest BCUT2D eigenvalue weighted by atomic mass is 9.84. The van der Waals surface area contributed by atoms with Crippen LogP contribution in [0.4, 0.5) is 13.2 Å². The lowest BCUT2D eigenvalue weighted by molar-refractivity contribution is -0.137. The molecule has 0 radical (unpaired) electrons. The number of likely N-dealkylation sites (tertiary alicyclic amines) is 1. The van der Waals surface area contributed by atoms with Crippen LogP contribution in [0.3, 0.4) is 0 Å². The fourth-order valence-electron chi connectivity index (χ4n) is 3.50. The molecule has 2 N–H and O–H groups in total. The highest BCUT2D eigenvalue weighted by molar-refractivity contribution is 9.10. The van der Waals surface area contributed by atoms with Crippen LogP contribution in [0.1, 0.15) is 29.5 Å². The lowest BCUT2D eigenvalue weighted by Crippen LogP contribution is -2.46. The van der Waals surface area contributed by atoms with E-state index in [1.54, 1.807) is 0 Å². The SMILES string of the molecule is O=CN/C(=C\c1cccc(C(F)(F)F)c1)C(=O)N1CCC(O)(c2ccc(Br)cc2)CC1. The van der Waals surface area contributed by atoms with Crippen LogP contribution in [-0.4, -0.2) is 35.4 Å². The van der Waals surface area contributed by atoms with Gasteiger partial charge in [-0.1, -0.05) is 40.2 Å². The Hall–Kier alpha value is -2.65. The Bertz CT molecular complexity index is 982. The molecule has 2 aromatic rings. The fourth-order valence-corrected chi connectivity index (χ4v) is 3.76. The quantitative estimate of drug-likeness (QED) is 0.484. The molecule has 0 saturated carbocycles. The summed E-state index contributed by atoms with van der Waals surface area (Å²) in [4.78, 5) is 25.3. The van der Waals surface area contributed by atoms with E-state index < -0.39 is 23.2 Å². The van der Waals surface area contributed by atoms with Crippen molar-refractivity contribution in [3.8, 4) is 0 Å². The molecule has 1 fully saturated rings. The third kappa shape index (κ3) is 5.54. The third-order valence-corrected chi connectivity index (χ3v) is 5.76. The van der Waals surface area contributed by atoms with Crippen LogP contribution >= 0.6 is 15.9 Å². The average molecular weight is 497 g/mol. The zero-order valence-corrected chi connectivity index (χ0v) is 17.9. The Morgan fingerprint density at radius 2 is 1.77 bits per heavy atom. The topological polar surface area (TPSA) is 69.6 Å². The summed E-state index contributed by atoms with van der Waals surface area (Å²) in [7, 11) is 0. The van der Waals surface area contributed by atoms with E-state index in [1.165, 1.54) is 23.1 Å². The van der Waals surface area contributed by atoms with E-state index >= 15 is 0 Å². The summed E-state index contributed by atoms with van der Waals surface area (Å²) >= 11 is 3.35. The molecule has 1 heterocycles. The van der Waals surface area contributed by atoms with Crippen LogP contribution in [-0.2, 0) is 21.4 Å².